The maximum Gasteiger partial charge on any atom is 0.251 e. The number of aromatic amines is 1. The van der Waals surface area contributed by atoms with Crippen molar-refractivity contribution < 1.29 is 9.59 Å². The lowest BCUT2D eigenvalue weighted by Crippen LogP contribution is -2.40. The Morgan fingerprint density at radius 1 is 0.914 bits per heavy atom. The highest BCUT2D eigenvalue weighted by molar-refractivity contribution is 6.18. The van der Waals surface area contributed by atoms with Crippen LogP contribution in [0.2, 0.25) is 0 Å². The van der Waals surface area contributed by atoms with Crippen LogP contribution in [0.3, 0.4) is 0 Å². The topological polar surface area (TPSA) is 99.8 Å². The van der Waals surface area contributed by atoms with Gasteiger partial charge in [0.05, 0.1) is 10.9 Å². The van der Waals surface area contributed by atoms with Crippen LogP contribution in [0.5, 0.6) is 0 Å². The number of carbonyl (C=O) groups is 2. The average molecular weight is 468 g/mol. The molecule has 5 rings (SSSR count). The lowest BCUT2D eigenvalue weighted by atomic mass is 9.90. The molecule has 0 aliphatic heterocycles. The van der Waals surface area contributed by atoms with Crippen LogP contribution in [-0.2, 0) is 0 Å². The van der Waals surface area contributed by atoms with Gasteiger partial charge >= 0.3 is 0 Å². The van der Waals surface area contributed by atoms with Crippen LogP contribution in [0.4, 0.5) is 5.82 Å². The number of carbonyl (C=O) groups excluding carboxylic acids is 2. The van der Waals surface area contributed by atoms with Gasteiger partial charge in [-0.25, -0.2) is 9.97 Å². The highest BCUT2D eigenvalue weighted by Gasteiger charge is 2.25. The third kappa shape index (κ3) is 4.80. The molecule has 4 aromatic rings. The summed E-state index contributed by atoms with van der Waals surface area (Å²) in [5.41, 5.74) is 4.59. The molecule has 1 fully saturated rings. The monoisotopic (exact) mass is 467 g/mol. The van der Waals surface area contributed by atoms with E-state index in [4.69, 9.17) is 0 Å². The fourth-order valence-corrected chi connectivity index (χ4v) is 4.85. The molecule has 0 saturated heterocycles. The van der Waals surface area contributed by atoms with Gasteiger partial charge in [-0.05, 0) is 57.2 Å². The molecule has 1 amide bonds. The first-order valence-corrected chi connectivity index (χ1v) is 12.1. The number of hydrogen-bond acceptors (Lipinski definition) is 5. The molecular formula is C28H29N5O2. The van der Waals surface area contributed by atoms with Crippen LogP contribution in [0, 0.1) is 13.8 Å². The minimum atomic E-state index is -0.0465. The molecule has 35 heavy (non-hydrogen) atoms. The summed E-state index contributed by atoms with van der Waals surface area (Å²) in [6, 6.07) is 15.6. The number of rotatable bonds is 6. The third-order valence-corrected chi connectivity index (χ3v) is 6.79. The molecule has 0 atom stereocenters. The maximum atomic E-state index is 13.3. The summed E-state index contributed by atoms with van der Waals surface area (Å²) in [4.78, 5) is 37.9. The van der Waals surface area contributed by atoms with E-state index in [9.17, 15) is 9.59 Å². The van der Waals surface area contributed by atoms with Gasteiger partial charge in [0, 0.05) is 29.4 Å². The van der Waals surface area contributed by atoms with Crippen molar-refractivity contribution in [2.24, 2.45) is 0 Å². The van der Waals surface area contributed by atoms with Crippen LogP contribution >= 0.6 is 0 Å². The van der Waals surface area contributed by atoms with Crippen molar-refractivity contribution in [3.05, 3.63) is 88.9 Å². The first-order chi connectivity index (χ1) is 17.0. The lowest BCUT2D eigenvalue weighted by molar-refractivity contribution is 0.0926. The van der Waals surface area contributed by atoms with Gasteiger partial charge < -0.3 is 15.6 Å². The van der Waals surface area contributed by atoms with Crippen molar-refractivity contribution >= 4 is 28.5 Å². The second-order valence-corrected chi connectivity index (χ2v) is 9.33. The predicted octanol–water partition coefficient (Wildman–Crippen LogP) is 4.96. The second kappa shape index (κ2) is 9.70. The summed E-state index contributed by atoms with van der Waals surface area (Å²) in [6.07, 6.45) is 6.79. The van der Waals surface area contributed by atoms with Crippen LogP contribution in [-0.4, -0.2) is 38.7 Å². The third-order valence-electron chi connectivity index (χ3n) is 6.79. The average Bonchev–Trinajstić information content (AvgIpc) is 3.30. The number of ketones is 1. The summed E-state index contributed by atoms with van der Waals surface area (Å²) in [5.74, 6) is 0.601. The standard InChI is InChI=1S/C28H29N5O2/c1-17-6-5-8-19(14-17)28(35)33-21-12-10-20(11-13-21)32-27-24-23(15-29-26(24)30-16-31-27)25(34)22-9-4-3-7-18(22)2/h3-9,14-16,20-21H,10-13H2,1-2H3,(H,33,35)(H2,29,30,31,32)/t20-,21+. The molecule has 0 unspecified atom stereocenters. The van der Waals surface area contributed by atoms with Crippen molar-refractivity contribution in [2.75, 3.05) is 5.32 Å². The van der Waals surface area contributed by atoms with Crippen LogP contribution in [0.15, 0.2) is 61.1 Å². The van der Waals surface area contributed by atoms with Crippen molar-refractivity contribution in [3.8, 4) is 0 Å². The Morgan fingerprint density at radius 2 is 1.69 bits per heavy atom. The zero-order valence-electron chi connectivity index (χ0n) is 20.0. The number of aryl methyl sites for hydroxylation is 2. The zero-order chi connectivity index (χ0) is 24.4. The molecule has 2 aromatic heterocycles. The number of anilines is 1. The van der Waals surface area contributed by atoms with E-state index >= 15 is 0 Å². The van der Waals surface area contributed by atoms with Crippen molar-refractivity contribution in [2.45, 2.75) is 51.6 Å². The highest BCUT2D eigenvalue weighted by Crippen LogP contribution is 2.29. The number of fused-ring (bicyclic) bond motifs is 1. The molecular weight excluding hydrogens is 438 g/mol. The number of H-pyrrole nitrogens is 1. The van der Waals surface area contributed by atoms with E-state index in [1.165, 1.54) is 6.33 Å². The lowest BCUT2D eigenvalue weighted by Gasteiger charge is -2.30. The number of nitrogens with one attached hydrogen (secondary N) is 3. The first kappa shape index (κ1) is 22.8. The fourth-order valence-electron chi connectivity index (χ4n) is 4.85. The molecule has 7 nitrogen and oxygen atoms in total. The largest absolute Gasteiger partial charge is 0.367 e. The number of aromatic nitrogens is 3. The van der Waals surface area contributed by atoms with Crippen molar-refractivity contribution in [1.82, 2.24) is 20.3 Å². The van der Waals surface area contributed by atoms with Gasteiger partial charge in [-0.15, -0.1) is 0 Å². The SMILES string of the molecule is Cc1cccc(C(=O)N[C@H]2CC[C@@H](Nc3ncnc4[nH]cc(C(=O)c5ccccc5C)c34)CC2)c1. The quantitative estimate of drug-likeness (QED) is 0.348. The first-order valence-electron chi connectivity index (χ1n) is 12.1. The van der Waals surface area contributed by atoms with E-state index in [1.54, 1.807) is 6.20 Å². The summed E-state index contributed by atoms with van der Waals surface area (Å²) in [5, 5.41) is 7.44. The van der Waals surface area contributed by atoms with Gasteiger partial charge in [-0.2, -0.15) is 0 Å². The Morgan fingerprint density at radius 3 is 2.46 bits per heavy atom. The number of hydrogen-bond donors (Lipinski definition) is 3. The van der Waals surface area contributed by atoms with E-state index in [0.717, 1.165) is 42.2 Å². The highest BCUT2D eigenvalue weighted by atomic mass is 16.1. The van der Waals surface area contributed by atoms with Gasteiger partial charge in [0.1, 0.15) is 17.8 Å². The summed E-state index contributed by atoms with van der Waals surface area (Å²) in [6.45, 7) is 3.93. The molecule has 1 aliphatic rings. The van der Waals surface area contributed by atoms with Gasteiger partial charge in [0.15, 0.2) is 5.78 Å². The van der Waals surface area contributed by atoms with Gasteiger partial charge in [-0.3, -0.25) is 9.59 Å². The van der Waals surface area contributed by atoms with Gasteiger partial charge in [0.2, 0.25) is 0 Å². The molecule has 1 saturated carbocycles. The Kier molecular flexibility index (Phi) is 6.31. The minimum absolute atomic E-state index is 0.0192. The van der Waals surface area contributed by atoms with Crippen LogP contribution < -0.4 is 10.6 Å². The second-order valence-electron chi connectivity index (χ2n) is 9.33. The fraction of sp³-hybridized carbons (Fsp3) is 0.286. The maximum absolute atomic E-state index is 13.3. The van der Waals surface area contributed by atoms with Crippen molar-refractivity contribution in [1.29, 1.82) is 0 Å². The molecule has 0 spiro atoms. The van der Waals surface area contributed by atoms with Crippen molar-refractivity contribution in [3.63, 3.8) is 0 Å². The van der Waals surface area contributed by atoms with Crippen LogP contribution in [0.1, 0.15) is 63.1 Å². The predicted molar refractivity (Wildman–Crippen MR) is 137 cm³/mol. The van der Waals surface area contributed by atoms with Crippen LogP contribution in [0.25, 0.3) is 11.0 Å². The van der Waals surface area contributed by atoms with E-state index < -0.39 is 0 Å². The summed E-state index contributed by atoms with van der Waals surface area (Å²) in [7, 11) is 0. The van der Waals surface area contributed by atoms with Gasteiger partial charge in [-0.1, -0.05) is 42.0 Å². The molecule has 2 aromatic carbocycles. The molecule has 3 N–H and O–H groups in total. The Hall–Kier alpha value is -4.00. The number of amides is 1. The normalized spacial score (nSPS) is 17.8. The Labute approximate surface area is 204 Å². The Bertz CT molecular complexity index is 1390. The van der Waals surface area contributed by atoms with E-state index in [0.29, 0.717) is 28.2 Å². The number of nitrogens with zero attached hydrogens (tertiary/aromatic N) is 2. The molecule has 178 valence electrons. The molecule has 0 radical (unpaired) electrons. The Balaban J connectivity index is 1.28. The molecule has 7 heteroatoms. The zero-order valence-corrected chi connectivity index (χ0v) is 20.0. The molecule has 2 heterocycles. The van der Waals surface area contributed by atoms with E-state index in [2.05, 4.69) is 25.6 Å². The van der Waals surface area contributed by atoms with Gasteiger partial charge in [0.25, 0.3) is 5.91 Å². The van der Waals surface area contributed by atoms with E-state index in [1.807, 2.05) is 62.4 Å². The van der Waals surface area contributed by atoms with E-state index in [-0.39, 0.29) is 23.8 Å². The summed E-state index contributed by atoms with van der Waals surface area (Å²) < 4.78 is 0. The molecule has 0 bridgehead atoms. The number of benzene rings is 2. The minimum Gasteiger partial charge on any atom is -0.367 e. The summed E-state index contributed by atoms with van der Waals surface area (Å²) >= 11 is 0. The smallest absolute Gasteiger partial charge is 0.251 e. The molecule has 1 aliphatic carbocycles.